The van der Waals surface area contributed by atoms with Crippen molar-refractivity contribution >= 4 is 28.8 Å². The number of carbonyl (C=O) groups excluding carboxylic acids is 2. The summed E-state index contributed by atoms with van der Waals surface area (Å²) >= 11 is 1.66. The Morgan fingerprint density at radius 3 is 2.53 bits per heavy atom. The second-order valence-electron chi connectivity index (χ2n) is 9.48. The molecule has 1 atom stereocenters. The average molecular weight is 501 g/mol. The molecule has 3 amide bonds. The van der Waals surface area contributed by atoms with Crippen LogP contribution in [0.5, 0.6) is 0 Å². The Morgan fingerprint density at radius 1 is 1.06 bits per heavy atom. The first-order valence-electron chi connectivity index (χ1n) is 12.8. The van der Waals surface area contributed by atoms with E-state index in [4.69, 9.17) is 4.98 Å². The molecule has 2 aliphatic rings. The normalized spacial score (nSPS) is 18.5. The summed E-state index contributed by atoms with van der Waals surface area (Å²) in [7, 11) is 0. The van der Waals surface area contributed by atoms with E-state index in [2.05, 4.69) is 21.3 Å². The summed E-state index contributed by atoms with van der Waals surface area (Å²) in [5, 5.41) is 12.2. The van der Waals surface area contributed by atoms with Crippen LogP contribution in [0.15, 0.2) is 65.7 Å². The maximum Gasteiger partial charge on any atom is 0.319 e. The highest BCUT2D eigenvalue weighted by molar-refractivity contribution is 7.10. The summed E-state index contributed by atoms with van der Waals surface area (Å²) in [6, 6.07) is 16.8. The molecular weight excluding hydrogens is 468 g/mol. The average Bonchev–Trinajstić information content (AvgIpc) is 3.42. The van der Waals surface area contributed by atoms with Crippen LogP contribution in [0.2, 0.25) is 0 Å². The van der Waals surface area contributed by atoms with Gasteiger partial charge in [-0.15, -0.1) is 11.3 Å². The monoisotopic (exact) mass is 500 g/mol. The standard InChI is InChI=1S/C29H32N4O2S/c1-2-23-25(28-31-24(18-36-28)20-11-7-4-8-12-20)26(33-29(35)32-23)21-13-15-22(16-14-21)27(34)30-17-19-9-5-3-6-10-19/h3,5-6,9-10,13-16,18,20,26H,2,4,7-8,11-12,17H2,1H3,(H,30,34)(H2,32,33,35). The fourth-order valence-electron chi connectivity index (χ4n) is 5.10. The summed E-state index contributed by atoms with van der Waals surface area (Å²) < 4.78 is 0. The van der Waals surface area contributed by atoms with Gasteiger partial charge in [0.15, 0.2) is 0 Å². The van der Waals surface area contributed by atoms with Crippen molar-refractivity contribution in [2.45, 2.75) is 64.0 Å². The third kappa shape index (κ3) is 5.36. The molecule has 1 saturated carbocycles. The Bertz CT molecular complexity index is 1240. The zero-order valence-electron chi connectivity index (χ0n) is 20.5. The number of carbonyl (C=O) groups is 2. The van der Waals surface area contributed by atoms with Crippen LogP contribution in [-0.2, 0) is 6.54 Å². The van der Waals surface area contributed by atoms with Crippen molar-refractivity contribution in [2.24, 2.45) is 0 Å². The van der Waals surface area contributed by atoms with E-state index in [1.807, 2.05) is 61.5 Å². The highest BCUT2D eigenvalue weighted by Crippen LogP contribution is 2.39. The molecular formula is C29H32N4O2S. The van der Waals surface area contributed by atoms with Crippen molar-refractivity contribution < 1.29 is 9.59 Å². The van der Waals surface area contributed by atoms with Crippen molar-refractivity contribution in [2.75, 3.05) is 0 Å². The van der Waals surface area contributed by atoms with Gasteiger partial charge in [-0.3, -0.25) is 4.79 Å². The van der Waals surface area contributed by atoms with Crippen LogP contribution in [0.3, 0.4) is 0 Å². The largest absolute Gasteiger partial charge is 0.348 e. The number of thiazole rings is 1. The Hall–Kier alpha value is -3.45. The van der Waals surface area contributed by atoms with Crippen LogP contribution in [0.25, 0.3) is 5.57 Å². The van der Waals surface area contributed by atoms with Crippen LogP contribution in [0.1, 0.15) is 89.6 Å². The molecule has 7 heteroatoms. The zero-order chi connectivity index (χ0) is 24.9. The molecule has 2 aromatic carbocycles. The third-order valence-corrected chi connectivity index (χ3v) is 7.98. The molecule has 0 spiro atoms. The Kier molecular flexibility index (Phi) is 7.47. The molecule has 0 radical (unpaired) electrons. The predicted molar refractivity (Wildman–Crippen MR) is 144 cm³/mol. The maximum absolute atomic E-state index is 12.7. The van der Waals surface area contributed by atoms with E-state index in [0.717, 1.165) is 27.4 Å². The molecule has 1 fully saturated rings. The lowest BCUT2D eigenvalue weighted by Gasteiger charge is -2.29. The molecule has 6 nitrogen and oxygen atoms in total. The molecule has 3 aromatic rings. The van der Waals surface area contributed by atoms with Crippen LogP contribution in [0, 0.1) is 0 Å². The number of nitrogens with one attached hydrogen (secondary N) is 3. The van der Waals surface area contributed by atoms with Crippen LogP contribution < -0.4 is 16.0 Å². The summed E-state index contributed by atoms with van der Waals surface area (Å²) in [5.74, 6) is 0.412. The van der Waals surface area contributed by atoms with E-state index < -0.39 is 0 Å². The molecule has 1 unspecified atom stereocenters. The minimum Gasteiger partial charge on any atom is -0.348 e. The number of hydrogen-bond acceptors (Lipinski definition) is 4. The van der Waals surface area contributed by atoms with Gasteiger partial charge in [-0.1, -0.05) is 68.7 Å². The second kappa shape index (κ2) is 11.1. The van der Waals surface area contributed by atoms with E-state index in [1.165, 1.54) is 37.8 Å². The van der Waals surface area contributed by atoms with Crippen LogP contribution in [-0.4, -0.2) is 16.9 Å². The van der Waals surface area contributed by atoms with Crippen molar-refractivity contribution in [1.29, 1.82) is 0 Å². The Balaban J connectivity index is 1.37. The van der Waals surface area contributed by atoms with Gasteiger partial charge < -0.3 is 16.0 Å². The molecule has 1 aliphatic heterocycles. The number of aromatic nitrogens is 1. The van der Waals surface area contributed by atoms with Gasteiger partial charge in [0.2, 0.25) is 0 Å². The second-order valence-corrected chi connectivity index (χ2v) is 10.3. The molecule has 3 N–H and O–H groups in total. The van der Waals surface area contributed by atoms with E-state index in [1.54, 1.807) is 11.3 Å². The number of urea groups is 1. The van der Waals surface area contributed by atoms with Gasteiger partial charge in [0, 0.05) is 34.7 Å². The molecule has 1 aromatic heterocycles. The highest BCUT2D eigenvalue weighted by atomic mass is 32.1. The summed E-state index contributed by atoms with van der Waals surface area (Å²) in [4.78, 5) is 30.3. The topological polar surface area (TPSA) is 83.1 Å². The minimum atomic E-state index is -0.319. The van der Waals surface area contributed by atoms with E-state index in [9.17, 15) is 9.59 Å². The molecule has 36 heavy (non-hydrogen) atoms. The Morgan fingerprint density at radius 2 is 1.81 bits per heavy atom. The molecule has 0 saturated heterocycles. The first kappa shape index (κ1) is 24.3. The first-order chi connectivity index (χ1) is 17.6. The molecule has 0 bridgehead atoms. The third-order valence-electron chi connectivity index (χ3n) is 7.09. The van der Waals surface area contributed by atoms with E-state index in [0.29, 0.717) is 24.4 Å². The number of nitrogens with zero attached hydrogens (tertiary/aromatic N) is 1. The number of hydrogen-bond donors (Lipinski definition) is 3. The smallest absolute Gasteiger partial charge is 0.319 e. The SMILES string of the molecule is CCC1=C(c2nc(C3CCCCC3)cs2)C(c2ccc(C(=O)NCc3ccccc3)cc2)NC(=O)N1. The number of benzene rings is 2. The van der Waals surface area contributed by atoms with Crippen LogP contribution in [0.4, 0.5) is 4.79 Å². The molecule has 186 valence electrons. The van der Waals surface area contributed by atoms with Gasteiger partial charge in [0.05, 0.1) is 11.7 Å². The highest BCUT2D eigenvalue weighted by Gasteiger charge is 2.31. The molecule has 1 aliphatic carbocycles. The first-order valence-corrected chi connectivity index (χ1v) is 13.7. The van der Waals surface area contributed by atoms with E-state index >= 15 is 0 Å². The van der Waals surface area contributed by atoms with Gasteiger partial charge in [-0.05, 0) is 42.5 Å². The lowest BCUT2D eigenvalue weighted by atomic mass is 9.87. The number of amides is 3. The van der Waals surface area contributed by atoms with E-state index in [-0.39, 0.29) is 18.0 Å². The van der Waals surface area contributed by atoms with Gasteiger partial charge >= 0.3 is 6.03 Å². The quantitative estimate of drug-likeness (QED) is 0.356. The van der Waals surface area contributed by atoms with Crippen molar-refractivity contribution in [3.05, 3.63) is 93.1 Å². The number of allylic oxidation sites excluding steroid dienone is 1. The summed E-state index contributed by atoms with van der Waals surface area (Å²) in [5.41, 5.74) is 5.67. The molecule has 5 rings (SSSR count). The number of rotatable bonds is 7. The van der Waals surface area contributed by atoms with Crippen molar-refractivity contribution in [3.8, 4) is 0 Å². The zero-order valence-corrected chi connectivity index (χ0v) is 21.4. The summed E-state index contributed by atoms with van der Waals surface area (Å²) in [6.07, 6.45) is 6.97. The van der Waals surface area contributed by atoms with Gasteiger partial charge in [-0.25, -0.2) is 9.78 Å². The summed E-state index contributed by atoms with van der Waals surface area (Å²) in [6.45, 7) is 2.53. The van der Waals surface area contributed by atoms with Gasteiger partial charge in [0.1, 0.15) is 5.01 Å². The van der Waals surface area contributed by atoms with Gasteiger partial charge in [0.25, 0.3) is 5.91 Å². The minimum absolute atomic E-state index is 0.123. The predicted octanol–water partition coefficient (Wildman–Crippen LogP) is 6.30. The fourth-order valence-corrected chi connectivity index (χ4v) is 6.11. The fraction of sp³-hybridized carbons (Fsp3) is 0.345. The lowest BCUT2D eigenvalue weighted by Crippen LogP contribution is -2.43. The van der Waals surface area contributed by atoms with Gasteiger partial charge in [-0.2, -0.15) is 0 Å². The maximum atomic E-state index is 12.7. The molecule has 2 heterocycles. The van der Waals surface area contributed by atoms with Crippen LogP contribution >= 0.6 is 11.3 Å². The Labute approximate surface area is 216 Å². The lowest BCUT2D eigenvalue weighted by molar-refractivity contribution is 0.0951. The van der Waals surface area contributed by atoms with Crippen molar-refractivity contribution in [3.63, 3.8) is 0 Å². The van der Waals surface area contributed by atoms with Crippen molar-refractivity contribution in [1.82, 2.24) is 20.9 Å².